The normalized spacial score (nSPS) is 9.00. The van der Waals surface area contributed by atoms with Crippen LogP contribution in [0.15, 0.2) is 0 Å². The van der Waals surface area contributed by atoms with E-state index in [9.17, 15) is 0 Å². The van der Waals surface area contributed by atoms with E-state index in [1.807, 2.05) is 12.5 Å². The molecule has 0 spiro atoms. The lowest BCUT2D eigenvalue weighted by Gasteiger charge is -2.13. The molecule has 0 aliphatic carbocycles. The topological polar surface area (TPSA) is 3.24 Å². The largest absolute Gasteiger partial charge is 0.304 e. The maximum atomic E-state index is 2.38. The third-order valence-corrected chi connectivity index (χ3v) is 1.34. The molecule has 0 saturated heterocycles. The van der Waals surface area contributed by atoms with Gasteiger partial charge in [0.05, 0.1) is 0 Å². The molecule has 0 aliphatic rings. The van der Waals surface area contributed by atoms with Crippen molar-refractivity contribution in [3.05, 3.63) is 0 Å². The molecule has 0 atom stereocenters. The predicted molar refractivity (Wildman–Crippen MR) is 52.9 cm³/mol. The van der Waals surface area contributed by atoms with E-state index in [-0.39, 0.29) is 0 Å². The molecule has 0 N–H and O–H groups in total. The van der Waals surface area contributed by atoms with E-state index in [1.54, 1.807) is 11.8 Å². The molecule has 0 aliphatic heterocycles. The summed E-state index contributed by atoms with van der Waals surface area (Å²) in [6, 6.07) is 0. The molecule has 1 nitrogen and oxygen atoms in total. The molecule has 2 heteroatoms. The first-order valence-electron chi connectivity index (χ1n) is 3.89. The van der Waals surface area contributed by atoms with Gasteiger partial charge in [0.15, 0.2) is 0 Å². The van der Waals surface area contributed by atoms with Gasteiger partial charge in [-0.3, -0.25) is 0 Å². The van der Waals surface area contributed by atoms with Gasteiger partial charge in [-0.1, -0.05) is 20.8 Å². The Balaban J connectivity index is 0. The van der Waals surface area contributed by atoms with Crippen LogP contribution in [-0.4, -0.2) is 37.0 Å². The van der Waals surface area contributed by atoms with E-state index in [0.717, 1.165) is 0 Å². The molecular weight excluding hydrogens is 142 g/mol. The highest BCUT2D eigenvalue weighted by Gasteiger charge is 1.89. The van der Waals surface area contributed by atoms with Crippen molar-refractivity contribution in [1.29, 1.82) is 0 Å². The van der Waals surface area contributed by atoms with Crippen LogP contribution in [0.1, 0.15) is 20.8 Å². The summed E-state index contributed by atoms with van der Waals surface area (Å²) in [5, 5.41) is 0. The van der Waals surface area contributed by atoms with Crippen molar-refractivity contribution in [3.63, 3.8) is 0 Å². The van der Waals surface area contributed by atoms with Crippen molar-refractivity contribution < 1.29 is 0 Å². The molecule has 0 radical (unpaired) electrons. The fourth-order valence-corrected chi connectivity index (χ4v) is 0.671. The Hall–Kier alpha value is 0.310. The lowest BCUT2D eigenvalue weighted by Crippen LogP contribution is -2.21. The fourth-order valence-electron chi connectivity index (χ4n) is 0.671. The molecule has 0 aromatic heterocycles. The minimum Gasteiger partial charge on any atom is -0.304 e. The highest BCUT2D eigenvalue weighted by atomic mass is 32.2. The number of rotatable bonds is 3. The third kappa shape index (κ3) is 11.2. The van der Waals surface area contributed by atoms with Gasteiger partial charge in [-0.25, -0.2) is 0 Å². The number of hydrogen-bond acceptors (Lipinski definition) is 2. The Labute approximate surface area is 70.2 Å². The van der Waals surface area contributed by atoms with Crippen molar-refractivity contribution in [3.8, 4) is 0 Å². The third-order valence-electron chi connectivity index (χ3n) is 1.34. The zero-order valence-electron chi connectivity index (χ0n) is 7.98. The SMILES string of the molecule is CCN(CC)CC.CSC. The van der Waals surface area contributed by atoms with Gasteiger partial charge < -0.3 is 4.90 Å². The Bertz CT molecular complexity index is 39.0. The van der Waals surface area contributed by atoms with Crippen molar-refractivity contribution in [2.75, 3.05) is 32.1 Å². The first-order valence-corrected chi connectivity index (χ1v) is 5.52. The van der Waals surface area contributed by atoms with E-state index in [2.05, 4.69) is 25.7 Å². The summed E-state index contributed by atoms with van der Waals surface area (Å²) < 4.78 is 0. The summed E-state index contributed by atoms with van der Waals surface area (Å²) in [5.41, 5.74) is 0. The van der Waals surface area contributed by atoms with Crippen molar-refractivity contribution >= 4 is 11.8 Å². The second-order valence-corrected chi connectivity index (χ2v) is 2.84. The first kappa shape index (κ1) is 12.9. The van der Waals surface area contributed by atoms with E-state index in [0.29, 0.717) is 0 Å². The summed E-state index contributed by atoms with van der Waals surface area (Å²) in [7, 11) is 0. The Morgan fingerprint density at radius 3 is 1.10 bits per heavy atom. The molecule has 0 unspecified atom stereocenters. The molecule has 10 heavy (non-hydrogen) atoms. The standard InChI is InChI=1S/C6H15N.C2H6S/c1-4-7(5-2)6-3;1-3-2/h4-6H2,1-3H3;1-2H3. The van der Waals surface area contributed by atoms with Crippen LogP contribution in [0.3, 0.4) is 0 Å². The summed E-state index contributed by atoms with van der Waals surface area (Å²) in [6.07, 6.45) is 4.08. The van der Waals surface area contributed by atoms with Gasteiger partial charge in [0.2, 0.25) is 0 Å². The van der Waals surface area contributed by atoms with Gasteiger partial charge in [0.1, 0.15) is 0 Å². The van der Waals surface area contributed by atoms with E-state index in [1.165, 1.54) is 19.6 Å². The quantitative estimate of drug-likeness (QED) is 0.628. The summed E-state index contributed by atoms with van der Waals surface area (Å²) in [4.78, 5) is 2.38. The van der Waals surface area contributed by atoms with Crippen molar-refractivity contribution in [2.45, 2.75) is 20.8 Å². The van der Waals surface area contributed by atoms with Crippen LogP contribution in [0.4, 0.5) is 0 Å². The van der Waals surface area contributed by atoms with Gasteiger partial charge in [0, 0.05) is 0 Å². The minimum absolute atomic E-state index is 1.19. The van der Waals surface area contributed by atoms with E-state index in [4.69, 9.17) is 0 Å². The summed E-state index contributed by atoms with van der Waals surface area (Å²) in [6.45, 7) is 10.1. The van der Waals surface area contributed by atoms with Crippen LogP contribution in [0.5, 0.6) is 0 Å². The number of thioether (sulfide) groups is 1. The summed E-state index contributed by atoms with van der Waals surface area (Å²) in [5.74, 6) is 0. The highest BCUT2D eigenvalue weighted by molar-refractivity contribution is 7.97. The fraction of sp³-hybridized carbons (Fsp3) is 1.00. The molecule has 0 rings (SSSR count). The second-order valence-electron chi connectivity index (χ2n) is 2.03. The smallest absolute Gasteiger partial charge is 0.00474 e. The number of hydrogen-bond donors (Lipinski definition) is 0. The molecular formula is C8H21NS. The molecule has 0 heterocycles. The maximum Gasteiger partial charge on any atom is -0.00474 e. The molecule has 64 valence electrons. The predicted octanol–water partition coefficient (Wildman–Crippen LogP) is 2.33. The van der Waals surface area contributed by atoms with Crippen LogP contribution in [0.2, 0.25) is 0 Å². The zero-order chi connectivity index (χ0) is 8.41. The van der Waals surface area contributed by atoms with Crippen molar-refractivity contribution in [1.82, 2.24) is 4.90 Å². The lowest BCUT2D eigenvalue weighted by atomic mass is 10.5. The maximum absolute atomic E-state index is 2.38. The van der Waals surface area contributed by atoms with Gasteiger partial charge in [-0.15, -0.1) is 0 Å². The molecule has 0 bridgehead atoms. The van der Waals surface area contributed by atoms with Gasteiger partial charge in [-0.05, 0) is 32.1 Å². The van der Waals surface area contributed by atoms with Crippen LogP contribution in [-0.2, 0) is 0 Å². The molecule has 0 amide bonds. The lowest BCUT2D eigenvalue weighted by molar-refractivity contribution is 0.321. The van der Waals surface area contributed by atoms with Gasteiger partial charge >= 0.3 is 0 Å². The Kier molecular flexibility index (Phi) is 15.6. The average molecular weight is 163 g/mol. The highest BCUT2D eigenvalue weighted by Crippen LogP contribution is 1.81. The molecule has 0 saturated carbocycles. The Morgan fingerprint density at radius 1 is 0.900 bits per heavy atom. The van der Waals surface area contributed by atoms with Gasteiger partial charge in [-0.2, -0.15) is 11.8 Å². The first-order chi connectivity index (χ1) is 4.76. The average Bonchev–Trinajstić information content (AvgIpc) is 1.93. The molecule has 0 fully saturated rings. The molecule has 0 aromatic rings. The van der Waals surface area contributed by atoms with Crippen LogP contribution in [0.25, 0.3) is 0 Å². The Morgan fingerprint density at radius 2 is 1.10 bits per heavy atom. The zero-order valence-corrected chi connectivity index (χ0v) is 8.79. The van der Waals surface area contributed by atoms with Crippen LogP contribution in [0, 0.1) is 0 Å². The van der Waals surface area contributed by atoms with Crippen LogP contribution >= 0.6 is 11.8 Å². The van der Waals surface area contributed by atoms with Gasteiger partial charge in [0.25, 0.3) is 0 Å². The van der Waals surface area contributed by atoms with Crippen LogP contribution < -0.4 is 0 Å². The van der Waals surface area contributed by atoms with Crippen molar-refractivity contribution in [2.24, 2.45) is 0 Å². The second kappa shape index (κ2) is 12.0. The summed E-state index contributed by atoms with van der Waals surface area (Å²) >= 11 is 1.75. The van der Waals surface area contributed by atoms with E-state index < -0.39 is 0 Å². The molecule has 0 aromatic carbocycles. The minimum atomic E-state index is 1.19. The van der Waals surface area contributed by atoms with E-state index >= 15 is 0 Å². The number of nitrogens with zero attached hydrogens (tertiary/aromatic N) is 1. The monoisotopic (exact) mass is 163 g/mol.